The van der Waals surface area contributed by atoms with Crippen molar-refractivity contribution in [1.82, 2.24) is 0 Å². The fourth-order valence-corrected chi connectivity index (χ4v) is 23.0. The van der Waals surface area contributed by atoms with Gasteiger partial charge in [0, 0.05) is 44.5 Å². The predicted molar refractivity (Wildman–Crippen MR) is 593 cm³/mol. The van der Waals surface area contributed by atoms with E-state index < -0.39 is 0 Å². The van der Waals surface area contributed by atoms with Crippen molar-refractivity contribution in [1.29, 1.82) is 0 Å². The Bertz CT molecular complexity index is 9310. The van der Waals surface area contributed by atoms with Gasteiger partial charge in [-0.3, -0.25) is 0 Å². The Balaban J connectivity index is 0.000000106. The van der Waals surface area contributed by atoms with Crippen LogP contribution in [0, 0.1) is 0 Å². The number of hydrogen-bond acceptors (Lipinski definition) is 3. The molecule has 0 aliphatic carbocycles. The van der Waals surface area contributed by atoms with Crippen molar-refractivity contribution in [3.05, 3.63) is 522 Å². The quantitative estimate of drug-likeness (QED) is 0.142. The fraction of sp³-hybridized carbons (Fsp3) is 0. The number of fused-ring (bicyclic) bond motifs is 18. The average molecular weight is 1790 g/mol. The number of rotatable bonds is 8. The molecular formula is C138H86O3. The molecule has 0 amide bonds. The Hall–Kier alpha value is -18.5. The average Bonchev–Trinajstić information content (AvgIpc) is 0.717. The standard InChI is InChI=1S/2C48H30O.C42H26O/c1-2-14-31(15-3-1)32-16-12-17-33(30-32)46-37-20-4-6-22-39(37)48(40-23-7-5-21-38(40)46)43-29-28-42-35-19-9-11-27-45(35)49-44-26-10-8-18-34(44)36-24-13-25-41(43)47(36)42;1-2-14-31(15-3-1)33-18-10-19-34(30-33)46-37-21-4-6-23-39(37)47(40-24-7-5-22-38(40)46)43-28-13-27-42-41-26-12-17-32-16-11-25-36(45(32)41)35-20-8-9-29-44(35)49-48(42)43;1-2-13-27(14-3-1)40-31-17-4-6-19-33(31)42(34-20-7-5-18-32(34)40)37-26-25-36-29-16-9-11-24-39(29)43-38-23-10-8-15-28(38)30-21-12-22-35(37)41(30)36/h2*1-30H;1-26H. The second kappa shape index (κ2) is 34.4. The molecule has 3 nitrogen and oxygen atoms in total. The largest absolute Gasteiger partial charge is 0.456 e. The minimum absolute atomic E-state index is 0.862. The first-order chi connectivity index (χ1) is 70.0. The second-order valence-electron chi connectivity index (χ2n) is 36.7. The van der Waals surface area contributed by atoms with E-state index in [2.05, 4.69) is 510 Å². The SMILES string of the molecule is c1ccc(-c2c3ccccc3c(-c3ccc4c5c(cccc35)-c3ccccc3Oc3ccccc3-4)c3ccccc23)cc1.c1ccc(-c2cccc(-c3c4ccccc4c(-c4ccc5c6c(cccc46)-c4ccccc4Oc4ccccc4-5)c4ccccc34)c2)cc1.c1ccc(-c2cccc(-c3c4ccccc4c(-c4cccc5c4Oc4ccccc4-c4cccc6cccc-5c46)c4ccccc34)c2)cc1. The molecule has 0 spiro atoms. The summed E-state index contributed by atoms with van der Waals surface area (Å²) >= 11 is 0. The lowest BCUT2D eigenvalue weighted by Crippen LogP contribution is -1.99. The Morgan fingerprint density at radius 2 is 0.319 bits per heavy atom. The van der Waals surface area contributed by atoms with Crippen LogP contribution in [-0.4, -0.2) is 0 Å². The van der Waals surface area contributed by atoms with Gasteiger partial charge in [0.05, 0.1) is 0 Å². The minimum Gasteiger partial charge on any atom is -0.456 e. The van der Waals surface area contributed by atoms with Crippen molar-refractivity contribution >= 4 is 97.0 Å². The van der Waals surface area contributed by atoms with Crippen molar-refractivity contribution in [2.45, 2.75) is 0 Å². The van der Waals surface area contributed by atoms with Crippen LogP contribution in [0.25, 0.3) is 253 Å². The Morgan fingerprint density at radius 1 is 0.106 bits per heavy atom. The lowest BCUT2D eigenvalue weighted by Gasteiger charge is -2.25. The molecule has 0 aromatic heterocycles. The maximum absolute atomic E-state index is 7.13. The van der Waals surface area contributed by atoms with E-state index in [4.69, 9.17) is 14.2 Å². The Kier molecular flexibility index (Phi) is 20.0. The van der Waals surface area contributed by atoms with Crippen LogP contribution in [0.5, 0.6) is 34.5 Å². The third-order valence-corrected chi connectivity index (χ3v) is 29.0. The van der Waals surface area contributed by atoms with Crippen LogP contribution in [0.4, 0.5) is 0 Å². The number of hydrogen-bond donors (Lipinski definition) is 0. The summed E-state index contributed by atoms with van der Waals surface area (Å²) in [5.41, 5.74) is 33.3. The lowest BCUT2D eigenvalue weighted by atomic mass is 9.82. The molecule has 29 rings (SSSR count). The molecular weight excluding hydrogens is 1710 g/mol. The van der Waals surface area contributed by atoms with Gasteiger partial charge in [0.15, 0.2) is 0 Å². The molecule has 0 unspecified atom stereocenters. The van der Waals surface area contributed by atoms with Gasteiger partial charge in [-0.25, -0.2) is 0 Å². The summed E-state index contributed by atoms with van der Waals surface area (Å²) in [6.45, 7) is 0. The second-order valence-corrected chi connectivity index (χ2v) is 36.7. The molecule has 0 N–H and O–H groups in total. The van der Waals surface area contributed by atoms with Crippen LogP contribution in [0.2, 0.25) is 0 Å². The first kappa shape index (κ1) is 82.0. The molecule has 3 heterocycles. The van der Waals surface area contributed by atoms with Crippen LogP contribution >= 0.6 is 0 Å². The van der Waals surface area contributed by atoms with E-state index in [0.29, 0.717) is 0 Å². The molecule has 26 aromatic carbocycles. The number of ether oxygens (including phenoxy) is 3. The fourth-order valence-electron chi connectivity index (χ4n) is 23.0. The van der Waals surface area contributed by atoms with Crippen LogP contribution in [-0.2, 0) is 0 Å². The first-order valence-electron chi connectivity index (χ1n) is 48.5. The summed E-state index contributed by atoms with van der Waals surface area (Å²) in [7, 11) is 0. The molecule has 26 aromatic rings. The molecule has 0 fully saturated rings. The summed E-state index contributed by atoms with van der Waals surface area (Å²) in [5.74, 6) is 5.24. The lowest BCUT2D eigenvalue weighted by molar-refractivity contribution is 0.486. The summed E-state index contributed by atoms with van der Waals surface area (Å²) in [4.78, 5) is 0. The van der Waals surface area contributed by atoms with Gasteiger partial charge in [-0.05, 0) is 251 Å². The molecule has 3 heteroatoms. The zero-order valence-electron chi connectivity index (χ0n) is 76.9. The van der Waals surface area contributed by atoms with E-state index in [0.717, 1.165) is 73.4 Å². The van der Waals surface area contributed by atoms with E-state index in [1.807, 2.05) is 12.1 Å². The van der Waals surface area contributed by atoms with Gasteiger partial charge in [-0.2, -0.15) is 0 Å². The predicted octanol–water partition coefficient (Wildman–Crippen LogP) is 39.1. The van der Waals surface area contributed by atoms with Crippen molar-refractivity contribution in [3.8, 4) is 190 Å². The molecule has 0 saturated heterocycles. The topological polar surface area (TPSA) is 27.7 Å². The van der Waals surface area contributed by atoms with E-state index >= 15 is 0 Å². The van der Waals surface area contributed by atoms with Crippen molar-refractivity contribution in [3.63, 3.8) is 0 Å². The van der Waals surface area contributed by atoms with E-state index in [1.54, 1.807) is 0 Å². The molecule has 3 aliphatic rings. The highest BCUT2D eigenvalue weighted by molar-refractivity contribution is 6.29. The van der Waals surface area contributed by atoms with Gasteiger partial charge in [-0.1, -0.05) is 479 Å². The maximum atomic E-state index is 7.13. The number of para-hydroxylation sites is 6. The van der Waals surface area contributed by atoms with Crippen LogP contribution in [0.1, 0.15) is 0 Å². The summed E-state index contributed by atoms with van der Waals surface area (Å²) < 4.78 is 20.3. The highest BCUT2D eigenvalue weighted by atomic mass is 16.5. The van der Waals surface area contributed by atoms with Crippen LogP contribution < -0.4 is 14.2 Å². The maximum Gasteiger partial charge on any atom is 0.143 e. The van der Waals surface area contributed by atoms with E-state index in [1.165, 1.54) is 214 Å². The smallest absolute Gasteiger partial charge is 0.143 e. The van der Waals surface area contributed by atoms with Gasteiger partial charge < -0.3 is 14.2 Å². The monoisotopic (exact) mass is 1790 g/mol. The normalized spacial score (nSPS) is 11.9. The number of benzene rings is 26. The third kappa shape index (κ3) is 13.8. The zero-order valence-corrected chi connectivity index (χ0v) is 76.9. The van der Waals surface area contributed by atoms with Gasteiger partial charge in [0.25, 0.3) is 0 Å². The Morgan fingerprint density at radius 3 is 0.681 bits per heavy atom. The third-order valence-electron chi connectivity index (χ3n) is 29.0. The molecule has 3 aliphatic heterocycles. The molecule has 0 bridgehead atoms. The van der Waals surface area contributed by atoms with Crippen LogP contribution in [0.15, 0.2) is 522 Å². The van der Waals surface area contributed by atoms with E-state index in [9.17, 15) is 0 Å². The molecule has 656 valence electrons. The molecule has 0 atom stereocenters. The summed E-state index contributed by atoms with van der Waals surface area (Å²) in [6.07, 6.45) is 0. The van der Waals surface area contributed by atoms with Crippen LogP contribution in [0.3, 0.4) is 0 Å². The Labute approximate surface area is 817 Å². The zero-order chi connectivity index (χ0) is 93.0. The molecule has 0 radical (unpaired) electrons. The first-order valence-corrected chi connectivity index (χ1v) is 48.5. The highest BCUT2D eigenvalue weighted by Crippen LogP contribution is 2.58. The molecule has 0 saturated carbocycles. The summed E-state index contributed by atoms with van der Waals surface area (Å²) in [5, 5.41) is 22.3. The van der Waals surface area contributed by atoms with Gasteiger partial charge in [-0.15, -0.1) is 0 Å². The van der Waals surface area contributed by atoms with Crippen molar-refractivity contribution in [2.75, 3.05) is 0 Å². The van der Waals surface area contributed by atoms with Gasteiger partial charge in [0.2, 0.25) is 0 Å². The summed E-state index contributed by atoms with van der Waals surface area (Å²) in [6, 6.07) is 188. The van der Waals surface area contributed by atoms with Gasteiger partial charge in [0.1, 0.15) is 34.5 Å². The molecule has 141 heavy (non-hydrogen) atoms. The minimum atomic E-state index is 0.862. The van der Waals surface area contributed by atoms with Crippen molar-refractivity contribution in [2.24, 2.45) is 0 Å². The van der Waals surface area contributed by atoms with Crippen molar-refractivity contribution < 1.29 is 14.2 Å². The highest BCUT2D eigenvalue weighted by Gasteiger charge is 2.31. The van der Waals surface area contributed by atoms with Gasteiger partial charge >= 0.3 is 0 Å². The van der Waals surface area contributed by atoms with E-state index in [-0.39, 0.29) is 0 Å².